The Morgan fingerprint density at radius 3 is 2.69 bits per heavy atom. The summed E-state index contributed by atoms with van der Waals surface area (Å²) in [6.45, 7) is 14.8. The fourth-order valence-corrected chi connectivity index (χ4v) is 3.42. The van der Waals surface area contributed by atoms with Crippen LogP contribution >= 0.6 is 0 Å². The van der Waals surface area contributed by atoms with E-state index in [1.54, 1.807) is 18.5 Å². The van der Waals surface area contributed by atoms with Crippen molar-refractivity contribution in [2.24, 2.45) is 9.98 Å². The van der Waals surface area contributed by atoms with Crippen LogP contribution in [-0.2, 0) is 0 Å². The molecule has 0 aliphatic carbocycles. The topological polar surface area (TPSA) is 77.0 Å². The molecule has 1 saturated heterocycles. The average molecular weight is 437 g/mol. The Kier molecular flexibility index (Phi) is 10.7. The third-order valence-electron chi connectivity index (χ3n) is 5.13. The smallest absolute Gasteiger partial charge is 0.187 e. The SMILES string of the molecule is C=C/C=c1/[nH]cc2c(/c1=N/CN1CCCN(C)CC1)=NCC2=O.CC.Cc1ccccn1. The van der Waals surface area contributed by atoms with E-state index in [1.807, 2.05) is 45.0 Å². The second kappa shape index (κ2) is 13.5. The standard InChI is InChI=1S/C17H23N5O.C6H7N.C2H6/c1-3-5-14-17(16-13(10-18-14)15(23)11-19-16)20-12-22-7-4-6-21(2)8-9-22;1-6-4-2-3-5-7-6;1-2/h3,5,10,18H,1,4,6-9,11-12H2,2H3;2-5H,1H3;1-2H3/b14-5+,20-17+;;. The summed E-state index contributed by atoms with van der Waals surface area (Å²) in [6.07, 6.45) is 8.25. The molecule has 0 aromatic carbocycles. The molecule has 7 nitrogen and oxygen atoms in total. The largest absolute Gasteiger partial charge is 0.359 e. The Balaban J connectivity index is 0.000000340. The first kappa shape index (κ1) is 25.4. The zero-order valence-corrected chi connectivity index (χ0v) is 19.8. The molecule has 32 heavy (non-hydrogen) atoms. The zero-order chi connectivity index (χ0) is 23.3. The molecule has 0 bridgehead atoms. The normalized spacial score (nSPS) is 17.3. The fourth-order valence-electron chi connectivity index (χ4n) is 3.42. The number of nitrogens with zero attached hydrogens (tertiary/aromatic N) is 5. The summed E-state index contributed by atoms with van der Waals surface area (Å²) in [5, 5.41) is 2.34. The minimum Gasteiger partial charge on any atom is -0.359 e. The van der Waals surface area contributed by atoms with Gasteiger partial charge in [0.05, 0.1) is 22.9 Å². The van der Waals surface area contributed by atoms with Crippen LogP contribution in [0, 0.1) is 6.92 Å². The van der Waals surface area contributed by atoms with E-state index >= 15 is 0 Å². The minimum absolute atomic E-state index is 0.0502. The van der Waals surface area contributed by atoms with E-state index in [4.69, 9.17) is 4.99 Å². The minimum atomic E-state index is 0.0502. The van der Waals surface area contributed by atoms with Crippen LogP contribution in [0.1, 0.15) is 36.3 Å². The second-order valence-corrected chi connectivity index (χ2v) is 7.50. The van der Waals surface area contributed by atoms with Crippen LogP contribution in [0.15, 0.2) is 53.2 Å². The van der Waals surface area contributed by atoms with Gasteiger partial charge in [-0.2, -0.15) is 0 Å². The van der Waals surface area contributed by atoms with Crippen LogP contribution < -0.4 is 16.1 Å². The maximum atomic E-state index is 11.9. The highest BCUT2D eigenvalue weighted by atomic mass is 16.1. The molecule has 1 fully saturated rings. The summed E-state index contributed by atoms with van der Waals surface area (Å²) in [4.78, 5) is 32.8. The van der Waals surface area contributed by atoms with Crippen molar-refractivity contribution in [2.45, 2.75) is 27.2 Å². The van der Waals surface area contributed by atoms with Crippen molar-refractivity contribution < 1.29 is 4.79 Å². The third-order valence-corrected chi connectivity index (χ3v) is 5.13. The molecule has 0 saturated carbocycles. The van der Waals surface area contributed by atoms with Gasteiger partial charge in [0, 0.05) is 37.7 Å². The van der Waals surface area contributed by atoms with Crippen LogP contribution in [0.3, 0.4) is 0 Å². The van der Waals surface area contributed by atoms with Gasteiger partial charge in [0.15, 0.2) is 5.78 Å². The van der Waals surface area contributed by atoms with E-state index in [-0.39, 0.29) is 12.3 Å². The Hall–Kier alpha value is -2.90. The van der Waals surface area contributed by atoms with E-state index in [1.165, 1.54) is 0 Å². The maximum Gasteiger partial charge on any atom is 0.187 e. The molecular formula is C25H36N6O. The average Bonchev–Trinajstić information content (AvgIpc) is 3.06. The van der Waals surface area contributed by atoms with E-state index in [0.717, 1.165) is 49.0 Å². The van der Waals surface area contributed by atoms with Crippen molar-refractivity contribution in [2.75, 3.05) is 46.4 Å². The van der Waals surface area contributed by atoms with Crippen molar-refractivity contribution in [1.29, 1.82) is 0 Å². The molecule has 1 N–H and O–H groups in total. The molecule has 2 aromatic heterocycles. The molecule has 0 unspecified atom stereocenters. The van der Waals surface area contributed by atoms with E-state index in [0.29, 0.717) is 17.6 Å². The van der Waals surface area contributed by atoms with Crippen molar-refractivity contribution in [3.8, 4) is 0 Å². The number of allylic oxidation sites excluding steroid dienone is 1. The predicted molar refractivity (Wildman–Crippen MR) is 130 cm³/mol. The quantitative estimate of drug-likeness (QED) is 0.795. The zero-order valence-electron chi connectivity index (χ0n) is 19.8. The van der Waals surface area contributed by atoms with Gasteiger partial charge in [-0.25, -0.2) is 0 Å². The van der Waals surface area contributed by atoms with Gasteiger partial charge in [0.1, 0.15) is 11.9 Å². The van der Waals surface area contributed by atoms with E-state index < -0.39 is 0 Å². The molecular weight excluding hydrogens is 400 g/mol. The summed E-state index contributed by atoms with van der Waals surface area (Å²) in [6, 6.07) is 5.86. The van der Waals surface area contributed by atoms with Gasteiger partial charge in [-0.05, 0) is 45.1 Å². The molecule has 2 aliphatic heterocycles. The molecule has 4 rings (SSSR count). The second-order valence-electron chi connectivity index (χ2n) is 7.50. The first-order chi connectivity index (χ1) is 15.6. The lowest BCUT2D eigenvalue weighted by atomic mass is 10.2. The number of pyridine rings is 2. The predicted octanol–water partition coefficient (Wildman–Crippen LogP) is 1.71. The number of fused-ring (bicyclic) bond motifs is 1. The summed E-state index contributed by atoms with van der Waals surface area (Å²) in [5.41, 5.74) is 1.71. The van der Waals surface area contributed by atoms with Crippen LogP contribution in [0.4, 0.5) is 0 Å². The molecule has 2 aromatic rings. The van der Waals surface area contributed by atoms with Gasteiger partial charge >= 0.3 is 0 Å². The monoisotopic (exact) mass is 436 g/mol. The Bertz CT molecular complexity index is 1060. The van der Waals surface area contributed by atoms with E-state index in [9.17, 15) is 4.79 Å². The molecule has 7 heteroatoms. The van der Waals surface area contributed by atoms with Gasteiger partial charge in [-0.3, -0.25) is 24.7 Å². The Morgan fingerprint density at radius 2 is 2.03 bits per heavy atom. The molecule has 0 spiro atoms. The molecule has 0 atom stereocenters. The molecule has 0 radical (unpaired) electrons. The van der Waals surface area contributed by atoms with Crippen LogP contribution in [-0.4, -0.2) is 72.0 Å². The van der Waals surface area contributed by atoms with Gasteiger partial charge in [0.25, 0.3) is 0 Å². The molecule has 172 valence electrons. The number of hydrogen-bond acceptors (Lipinski definition) is 6. The van der Waals surface area contributed by atoms with Gasteiger partial charge in [-0.15, -0.1) is 0 Å². The first-order valence-corrected chi connectivity index (χ1v) is 11.3. The molecule has 0 amide bonds. The van der Waals surface area contributed by atoms with E-state index in [2.05, 4.69) is 38.4 Å². The van der Waals surface area contributed by atoms with Crippen molar-refractivity contribution in [3.63, 3.8) is 0 Å². The number of likely N-dealkylation sites (N-methyl/N-ethyl adjacent to an activating group) is 1. The number of carbonyl (C=O) groups is 1. The molecule has 4 heterocycles. The number of Topliss-reactive ketones (excluding diaryl/α,β-unsaturated/α-hetero) is 1. The van der Waals surface area contributed by atoms with Crippen molar-refractivity contribution in [1.82, 2.24) is 19.8 Å². The van der Waals surface area contributed by atoms with Crippen LogP contribution in [0.2, 0.25) is 0 Å². The van der Waals surface area contributed by atoms with Crippen LogP contribution in [0.25, 0.3) is 6.08 Å². The fraction of sp³-hybridized carbons (Fsp3) is 0.440. The summed E-state index contributed by atoms with van der Waals surface area (Å²) >= 11 is 0. The number of ketones is 1. The Labute approximate surface area is 190 Å². The highest BCUT2D eigenvalue weighted by Gasteiger charge is 2.16. The first-order valence-electron chi connectivity index (χ1n) is 11.3. The lowest BCUT2D eigenvalue weighted by Crippen LogP contribution is -2.44. The number of carbonyl (C=O) groups excluding carboxylic acids is 1. The number of aromatic amines is 1. The number of nitrogens with one attached hydrogen (secondary N) is 1. The van der Waals surface area contributed by atoms with Gasteiger partial charge in [-0.1, -0.05) is 32.6 Å². The Morgan fingerprint density at radius 1 is 1.22 bits per heavy atom. The highest BCUT2D eigenvalue weighted by Crippen LogP contribution is 2.00. The number of hydrogen-bond donors (Lipinski definition) is 1. The third kappa shape index (κ3) is 7.35. The molecule has 2 aliphatic rings. The summed E-state index contributed by atoms with van der Waals surface area (Å²) in [5.74, 6) is 0.0502. The highest BCUT2D eigenvalue weighted by molar-refractivity contribution is 5.98. The van der Waals surface area contributed by atoms with Gasteiger partial charge in [0.2, 0.25) is 0 Å². The summed E-state index contributed by atoms with van der Waals surface area (Å²) < 4.78 is 0. The lowest BCUT2D eigenvalue weighted by Gasteiger charge is -2.17. The van der Waals surface area contributed by atoms with Crippen LogP contribution in [0.5, 0.6) is 0 Å². The van der Waals surface area contributed by atoms with Crippen molar-refractivity contribution in [3.05, 3.63) is 70.6 Å². The summed E-state index contributed by atoms with van der Waals surface area (Å²) in [7, 11) is 2.15. The van der Waals surface area contributed by atoms with Gasteiger partial charge < -0.3 is 9.88 Å². The number of aromatic nitrogens is 2. The number of rotatable bonds is 3. The van der Waals surface area contributed by atoms with Crippen molar-refractivity contribution >= 4 is 11.9 Å². The number of H-pyrrole nitrogens is 1. The number of aryl methyl sites for hydroxylation is 1. The lowest BCUT2D eigenvalue weighted by molar-refractivity contribution is 0.101. The maximum absolute atomic E-state index is 11.9.